The number of carbonyl (C=O) groups is 2. The SMILES string of the molecule is CC1CCCC(C)N1NC(=O)N1CC(C(=O)O)C1. The maximum Gasteiger partial charge on any atom is 0.331 e. The normalized spacial score (nSPS) is 29.8. The Balaban J connectivity index is 1.82. The molecule has 6 heteroatoms. The number of likely N-dealkylation sites (tertiary alicyclic amines) is 1. The molecule has 0 aromatic heterocycles. The Morgan fingerprint density at radius 1 is 1.17 bits per heavy atom. The minimum Gasteiger partial charge on any atom is -0.481 e. The van der Waals surface area contributed by atoms with Gasteiger partial charge in [-0.3, -0.25) is 10.2 Å². The molecule has 2 fully saturated rings. The summed E-state index contributed by atoms with van der Waals surface area (Å²) >= 11 is 0. The van der Waals surface area contributed by atoms with Gasteiger partial charge < -0.3 is 10.0 Å². The molecule has 0 bridgehead atoms. The molecule has 0 aliphatic carbocycles. The van der Waals surface area contributed by atoms with E-state index in [0.717, 1.165) is 12.8 Å². The molecule has 0 spiro atoms. The summed E-state index contributed by atoms with van der Waals surface area (Å²) in [6.07, 6.45) is 3.37. The number of aliphatic carboxylic acids is 1. The van der Waals surface area contributed by atoms with Gasteiger partial charge >= 0.3 is 12.0 Å². The number of nitrogens with zero attached hydrogens (tertiary/aromatic N) is 2. The van der Waals surface area contributed by atoms with Crippen molar-refractivity contribution in [3.63, 3.8) is 0 Å². The van der Waals surface area contributed by atoms with E-state index in [1.54, 1.807) is 4.90 Å². The molecule has 2 unspecified atom stereocenters. The molecular weight excluding hydrogens is 234 g/mol. The van der Waals surface area contributed by atoms with Gasteiger partial charge in [0.2, 0.25) is 0 Å². The molecule has 2 heterocycles. The van der Waals surface area contributed by atoms with Gasteiger partial charge in [-0.15, -0.1) is 0 Å². The lowest BCUT2D eigenvalue weighted by atomic mass is 9.99. The van der Waals surface area contributed by atoms with E-state index in [0.29, 0.717) is 25.2 Å². The maximum absolute atomic E-state index is 11.9. The van der Waals surface area contributed by atoms with E-state index in [4.69, 9.17) is 5.11 Å². The Labute approximate surface area is 107 Å². The Bertz CT molecular complexity index is 331. The fourth-order valence-corrected chi connectivity index (χ4v) is 2.62. The van der Waals surface area contributed by atoms with E-state index >= 15 is 0 Å². The van der Waals surface area contributed by atoms with Crippen LogP contribution in [0.3, 0.4) is 0 Å². The smallest absolute Gasteiger partial charge is 0.331 e. The van der Waals surface area contributed by atoms with Crippen molar-refractivity contribution in [2.45, 2.75) is 45.2 Å². The van der Waals surface area contributed by atoms with Gasteiger partial charge in [0.15, 0.2) is 0 Å². The van der Waals surface area contributed by atoms with Crippen molar-refractivity contribution in [1.82, 2.24) is 15.3 Å². The van der Waals surface area contributed by atoms with Gasteiger partial charge in [0.25, 0.3) is 0 Å². The largest absolute Gasteiger partial charge is 0.481 e. The lowest BCUT2D eigenvalue weighted by Crippen LogP contribution is -2.62. The monoisotopic (exact) mass is 255 g/mol. The zero-order valence-corrected chi connectivity index (χ0v) is 10.9. The third kappa shape index (κ3) is 2.58. The van der Waals surface area contributed by atoms with Crippen molar-refractivity contribution in [2.75, 3.05) is 13.1 Å². The first-order valence-corrected chi connectivity index (χ1v) is 6.55. The van der Waals surface area contributed by atoms with Crippen molar-refractivity contribution in [3.8, 4) is 0 Å². The van der Waals surface area contributed by atoms with Crippen LogP contribution in [0.4, 0.5) is 4.79 Å². The number of carboxylic acids is 1. The summed E-state index contributed by atoms with van der Waals surface area (Å²) in [4.78, 5) is 24.2. The molecule has 18 heavy (non-hydrogen) atoms. The fraction of sp³-hybridized carbons (Fsp3) is 0.833. The molecule has 2 atom stereocenters. The second-order valence-corrected chi connectivity index (χ2v) is 5.39. The van der Waals surface area contributed by atoms with Crippen molar-refractivity contribution in [2.24, 2.45) is 5.92 Å². The minimum absolute atomic E-state index is 0.173. The van der Waals surface area contributed by atoms with Crippen LogP contribution in [0.1, 0.15) is 33.1 Å². The Morgan fingerprint density at radius 2 is 1.72 bits per heavy atom. The van der Waals surface area contributed by atoms with E-state index in [2.05, 4.69) is 19.3 Å². The van der Waals surface area contributed by atoms with Crippen molar-refractivity contribution < 1.29 is 14.7 Å². The molecule has 0 aromatic rings. The minimum atomic E-state index is -0.821. The lowest BCUT2D eigenvalue weighted by Gasteiger charge is -2.42. The summed E-state index contributed by atoms with van der Waals surface area (Å²) in [5.41, 5.74) is 2.91. The summed E-state index contributed by atoms with van der Waals surface area (Å²) in [6.45, 7) is 4.84. The number of carbonyl (C=O) groups excluding carboxylic acids is 1. The number of hydrogen-bond donors (Lipinski definition) is 2. The highest BCUT2D eigenvalue weighted by atomic mass is 16.4. The molecule has 2 N–H and O–H groups in total. The van der Waals surface area contributed by atoms with Crippen LogP contribution in [-0.2, 0) is 4.79 Å². The maximum atomic E-state index is 11.9. The van der Waals surface area contributed by atoms with E-state index in [9.17, 15) is 9.59 Å². The number of piperidine rings is 1. The molecule has 6 nitrogen and oxygen atoms in total. The Kier molecular flexibility index (Phi) is 3.75. The number of hydrazine groups is 1. The third-order valence-electron chi connectivity index (χ3n) is 3.94. The lowest BCUT2D eigenvalue weighted by molar-refractivity contribution is -0.146. The highest BCUT2D eigenvalue weighted by Crippen LogP contribution is 2.21. The van der Waals surface area contributed by atoms with Crippen molar-refractivity contribution in [1.29, 1.82) is 0 Å². The number of carboxylic acid groups (broad SMARTS) is 1. The standard InChI is InChI=1S/C12H21N3O3/c1-8-4-3-5-9(2)15(8)13-12(18)14-6-10(7-14)11(16)17/h8-10H,3-7H2,1-2H3,(H,13,18)(H,16,17). The van der Waals surface area contributed by atoms with E-state index < -0.39 is 11.9 Å². The number of hydrogen-bond acceptors (Lipinski definition) is 3. The van der Waals surface area contributed by atoms with Gasteiger partial charge in [-0.2, -0.15) is 0 Å². The predicted octanol–water partition coefficient (Wildman–Crippen LogP) is 0.890. The van der Waals surface area contributed by atoms with Gasteiger partial charge in [-0.25, -0.2) is 9.80 Å². The van der Waals surface area contributed by atoms with Gasteiger partial charge in [-0.1, -0.05) is 6.42 Å². The summed E-state index contributed by atoms with van der Waals surface area (Å²) in [6, 6.07) is 0.511. The van der Waals surface area contributed by atoms with E-state index in [-0.39, 0.29) is 6.03 Å². The molecule has 2 aliphatic rings. The number of amides is 2. The summed E-state index contributed by atoms with van der Waals surface area (Å²) in [5.74, 6) is -1.22. The van der Waals surface area contributed by atoms with Crippen LogP contribution < -0.4 is 5.43 Å². The number of nitrogens with one attached hydrogen (secondary N) is 1. The molecule has 2 rings (SSSR count). The zero-order valence-electron chi connectivity index (χ0n) is 10.9. The molecule has 0 radical (unpaired) electrons. The third-order valence-corrected chi connectivity index (χ3v) is 3.94. The quantitative estimate of drug-likeness (QED) is 0.768. The van der Waals surface area contributed by atoms with Crippen LogP contribution in [0.5, 0.6) is 0 Å². The molecule has 2 saturated heterocycles. The highest BCUT2D eigenvalue weighted by Gasteiger charge is 2.37. The van der Waals surface area contributed by atoms with Crippen molar-refractivity contribution >= 4 is 12.0 Å². The number of rotatable bonds is 2. The highest BCUT2D eigenvalue weighted by molar-refractivity contribution is 5.79. The first-order chi connectivity index (χ1) is 8.49. The second-order valence-electron chi connectivity index (χ2n) is 5.39. The van der Waals surface area contributed by atoms with Crippen LogP contribution in [0, 0.1) is 5.92 Å². The molecule has 102 valence electrons. The second kappa shape index (κ2) is 5.14. The molecule has 0 aromatic carbocycles. The fourth-order valence-electron chi connectivity index (χ4n) is 2.62. The van der Waals surface area contributed by atoms with Gasteiger partial charge in [0.1, 0.15) is 0 Å². The topological polar surface area (TPSA) is 72.9 Å². The summed E-state index contributed by atoms with van der Waals surface area (Å²) in [7, 11) is 0. The average Bonchev–Trinajstić information content (AvgIpc) is 2.21. The van der Waals surface area contributed by atoms with Crippen molar-refractivity contribution in [3.05, 3.63) is 0 Å². The van der Waals surface area contributed by atoms with Gasteiger partial charge in [0, 0.05) is 25.2 Å². The van der Waals surface area contributed by atoms with Crippen LogP contribution in [-0.4, -0.2) is 52.2 Å². The molecular formula is C12H21N3O3. The summed E-state index contributed by atoms with van der Waals surface area (Å²) in [5, 5.41) is 10.8. The molecule has 2 aliphatic heterocycles. The average molecular weight is 255 g/mol. The molecule has 0 saturated carbocycles. The summed E-state index contributed by atoms with van der Waals surface area (Å²) < 4.78 is 0. The van der Waals surface area contributed by atoms with E-state index in [1.807, 2.05) is 5.01 Å². The first-order valence-electron chi connectivity index (χ1n) is 6.55. The zero-order chi connectivity index (χ0) is 13.3. The van der Waals surface area contributed by atoms with Crippen LogP contribution in [0.2, 0.25) is 0 Å². The number of urea groups is 1. The predicted molar refractivity (Wildman–Crippen MR) is 65.8 cm³/mol. The Morgan fingerprint density at radius 3 is 2.22 bits per heavy atom. The first kappa shape index (κ1) is 13.1. The van der Waals surface area contributed by atoms with E-state index in [1.165, 1.54) is 6.42 Å². The van der Waals surface area contributed by atoms with Gasteiger partial charge in [0.05, 0.1) is 5.92 Å². The van der Waals surface area contributed by atoms with Crippen LogP contribution in [0.25, 0.3) is 0 Å². The van der Waals surface area contributed by atoms with Crippen LogP contribution in [0.15, 0.2) is 0 Å². The molecule has 2 amide bonds. The Hall–Kier alpha value is -1.30. The van der Waals surface area contributed by atoms with Crippen LogP contribution >= 0.6 is 0 Å². The van der Waals surface area contributed by atoms with Gasteiger partial charge in [-0.05, 0) is 26.7 Å².